The second kappa shape index (κ2) is 7.50. The summed E-state index contributed by atoms with van der Waals surface area (Å²) in [7, 11) is -3.55. The summed E-state index contributed by atoms with van der Waals surface area (Å²) in [6.45, 7) is 2.09. The summed E-state index contributed by atoms with van der Waals surface area (Å²) in [6, 6.07) is 4.31. The van der Waals surface area contributed by atoms with Gasteiger partial charge in [0, 0.05) is 11.6 Å². The molecule has 1 unspecified atom stereocenters. The van der Waals surface area contributed by atoms with Crippen LogP contribution in [0.15, 0.2) is 23.1 Å². The average Bonchev–Trinajstić information content (AvgIpc) is 2.37. The number of sulfonamides is 1. The lowest BCUT2D eigenvalue weighted by atomic mass is 10.2. The number of aliphatic hydroxyl groups excluding tert-OH is 1. The van der Waals surface area contributed by atoms with Gasteiger partial charge >= 0.3 is 0 Å². The fourth-order valence-electron chi connectivity index (χ4n) is 1.52. The highest BCUT2D eigenvalue weighted by Crippen LogP contribution is 2.20. The van der Waals surface area contributed by atoms with Gasteiger partial charge in [0.15, 0.2) is 0 Å². The van der Waals surface area contributed by atoms with E-state index in [2.05, 4.69) is 4.72 Å². The number of nitrogens with one attached hydrogen (secondary N) is 1. The van der Waals surface area contributed by atoms with Gasteiger partial charge in [-0.2, -0.15) is 11.8 Å². The van der Waals surface area contributed by atoms with Crippen LogP contribution in [0.4, 0.5) is 0 Å². The van der Waals surface area contributed by atoms with Crippen molar-refractivity contribution in [2.24, 2.45) is 5.92 Å². The first-order valence-electron chi connectivity index (χ1n) is 5.78. The van der Waals surface area contributed by atoms with Crippen molar-refractivity contribution in [2.45, 2.75) is 18.4 Å². The zero-order chi connectivity index (χ0) is 14.5. The minimum Gasteiger partial charge on any atom is -0.392 e. The Kier molecular flexibility index (Phi) is 6.62. The molecule has 2 N–H and O–H groups in total. The van der Waals surface area contributed by atoms with E-state index in [1.807, 2.05) is 13.2 Å². The number of hydrogen-bond acceptors (Lipinski definition) is 4. The van der Waals surface area contributed by atoms with E-state index in [0.717, 1.165) is 5.75 Å². The van der Waals surface area contributed by atoms with Crippen molar-refractivity contribution >= 4 is 33.4 Å². The van der Waals surface area contributed by atoms with Gasteiger partial charge in [0.05, 0.1) is 11.5 Å². The Labute approximate surface area is 123 Å². The van der Waals surface area contributed by atoms with Crippen LogP contribution in [0, 0.1) is 5.92 Å². The third-order valence-corrected chi connectivity index (χ3v) is 5.26. The van der Waals surface area contributed by atoms with Crippen LogP contribution in [0.25, 0.3) is 0 Å². The Bertz CT molecular complexity index is 520. The van der Waals surface area contributed by atoms with Gasteiger partial charge in [0.2, 0.25) is 10.0 Å². The molecule has 0 aliphatic carbocycles. The van der Waals surface area contributed by atoms with Gasteiger partial charge in [-0.15, -0.1) is 0 Å². The van der Waals surface area contributed by atoms with Crippen LogP contribution in [-0.2, 0) is 16.6 Å². The highest BCUT2D eigenvalue weighted by atomic mass is 35.5. The quantitative estimate of drug-likeness (QED) is 0.806. The molecule has 0 spiro atoms. The first-order chi connectivity index (χ1) is 8.90. The molecule has 19 heavy (non-hydrogen) atoms. The Morgan fingerprint density at radius 2 is 2.16 bits per heavy atom. The molecule has 0 aliphatic heterocycles. The van der Waals surface area contributed by atoms with Crippen LogP contribution >= 0.6 is 23.4 Å². The van der Waals surface area contributed by atoms with Crippen molar-refractivity contribution < 1.29 is 13.5 Å². The van der Waals surface area contributed by atoms with Gasteiger partial charge in [0.25, 0.3) is 0 Å². The number of rotatable bonds is 7. The zero-order valence-corrected chi connectivity index (χ0v) is 13.3. The molecule has 0 bridgehead atoms. The van der Waals surface area contributed by atoms with Crippen LogP contribution in [0.1, 0.15) is 12.5 Å². The molecule has 0 saturated carbocycles. The van der Waals surface area contributed by atoms with Gasteiger partial charge in [0.1, 0.15) is 0 Å². The van der Waals surface area contributed by atoms with E-state index in [9.17, 15) is 8.42 Å². The molecule has 0 saturated heterocycles. The minimum absolute atomic E-state index is 0.123. The lowest BCUT2D eigenvalue weighted by Crippen LogP contribution is -2.29. The van der Waals surface area contributed by atoms with E-state index >= 15 is 0 Å². The molecule has 1 aromatic rings. The van der Waals surface area contributed by atoms with E-state index in [1.54, 1.807) is 11.8 Å². The molecule has 0 heterocycles. The number of benzene rings is 1. The van der Waals surface area contributed by atoms with Crippen molar-refractivity contribution in [3.05, 3.63) is 28.8 Å². The van der Waals surface area contributed by atoms with E-state index in [-0.39, 0.29) is 17.4 Å². The molecule has 4 nitrogen and oxygen atoms in total. The van der Waals surface area contributed by atoms with Crippen LogP contribution in [0.5, 0.6) is 0 Å². The van der Waals surface area contributed by atoms with Gasteiger partial charge in [-0.1, -0.05) is 18.5 Å². The second-order valence-corrected chi connectivity index (χ2v) is 7.41. The zero-order valence-electron chi connectivity index (χ0n) is 10.9. The first kappa shape index (κ1) is 16.8. The third kappa shape index (κ3) is 4.96. The van der Waals surface area contributed by atoms with Crippen molar-refractivity contribution in [2.75, 3.05) is 18.6 Å². The van der Waals surface area contributed by atoms with Gasteiger partial charge < -0.3 is 5.11 Å². The van der Waals surface area contributed by atoms with Crippen molar-refractivity contribution in [3.8, 4) is 0 Å². The normalized spacial score (nSPS) is 13.5. The topological polar surface area (TPSA) is 66.4 Å². The largest absolute Gasteiger partial charge is 0.392 e. The van der Waals surface area contributed by atoms with Crippen molar-refractivity contribution in [1.82, 2.24) is 4.72 Å². The summed E-state index contributed by atoms with van der Waals surface area (Å²) in [6.07, 6.45) is 1.98. The Morgan fingerprint density at radius 3 is 2.74 bits per heavy atom. The molecule has 0 fully saturated rings. The van der Waals surface area contributed by atoms with Gasteiger partial charge in [-0.3, -0.25) is 0 Å². The summed E-state index contributed by atoms with van der Waals surface area (Å²) < 4.78 is 26.7. The summed E-state index contributed by atoms with van der Waals surface area (Å²) in [5.74, 6) is 1.15. The first-order valence-corrected chi connectivity index (χ1v) is 9.04. The molecule has 7 heteroatoms. The number of halogens is 1. The highest BCUT2D eigenvalue weighted by Gasteiger charge is 2.16. The van der Waals surface area contributed by atoms with Crippen LogP contribution in [-0.4, -0.2) is 32.1 Å². The van der Waals surface area contributed by atoms with Crippen LogP contribution < -0.4 is 4.72 Å². The number of aliphatic hydroxyl groups is 1. The lowest BCUT2D eigenvalue weighted by Gasteiger charge is -2.12. The SMILES string of the molecule is CSCC(C)CNS(=O)(=O)c1ccc(Cl)c(CO)c1. The highest BCUT2D eigenvalue weighted by molar-refractivity contribution is 7.98. The smallest absolute Gasteiger partial charge is 0.240 e. The molecule has 1 atom stereocenters. The maximum atomic E-state index is 12.1. The molecule has 0 aromatic heterocycles. The molecule has 0 amide bonds. The van der Waals surface area contributed by atoms with Gasteiger partial charge in [-0.25, -0.2) is 13.1 Å². The predicted molar refractivity (Wildman–Crippen MR) is 80.1 cm³/mol. The fourth-order valence-corrected chi connectivity index (χ4v) is 3.60. The third-order valence-electron chi connectivity index (χ3n) is 2.57. The van der Waals surface area contributed by atoms with Crippen molar-refractivity contribution in [3.63, 3.8) is 0 Å². The monoisotopic (exact) mass is 323 g/mol. The van der Waals surface area contributed by atoms with E-state index in [0.29, 0.717) is 17.1 Å². The maximum Gasteiger partial charge on any atom is 0.240 e. The van der Waals surface area contributed by atoms with E-state index in [1.165, 1.54) is 18.2 Å². The van der Waals surface area contributed by atoms with Crippen LogP contribution in [0.2, 0.25) is 5.02 Å². The molecule has 1 rings (SSSR count). The Morgan fingerprint density at radius 1 is 1.47 bits per heavy atom. The average molecular weight is 324 g/mol. The predicted octanol–water partition coefficient (Wildman–Crippen LogP) is 2.11. The molecule has 108 valence electrons. The standard InChI is InChI=1S/C12H18ClNO3S2/c1-9(8-18-2)6-14-19(16,17)11-3-4-12(13)10(5-11)7-15/h3-5,9,14-15H,6-8H2,1-2H3. The van der Waals surface area contributed by atoms with E-state index < -0.39 is 10.0 Å². The summed E-state index contributed by atoms with van der Waals surface area (Å²) in [5.41, 5.74) is 0.404. The van der Waals surface area contributed by atoms with Gasteiger partial charge in [-0.05, 0) is 41.7 Å². The molecule has 0 aliphatic rings. The Balaban J connectivity index is 2.83. The fraction of sp³-hybridized carbons (Fsp3) is 0.500. The summed E-state index contributed by atoms with van der Waals surface area (Å²) in [4.78, 5) is 0.123. The van der Waals surface area contributed by atoms with Crippen molar-refractivity contribution in [1.29, 1.82) is 0 Å². The molecule has 0 radical (unpaired) electrons. The van der Waals surface area contributed by atoms with E-state index in [4.69, 9.17) is 16.7 Å². The minimum atomic E-state index is -3.55. The molecular weight excluding hydrogens is 306 g/mol. The number of hydrogen-bond donors (Lipinski definition) is 2. The molecular formula is C12H18ClNO3S2. The molecule has 1 aromatic carbocycles. The number of thioether (sulfide) groups is 1. The second-order valence-electron chi connectivity index (χ2n) is 4.32. The summed E-state index contributed by atoms with van der Waals surface area (Å²) >= 11 is 7.52. The lowest BCUT2D eigenvalue weighted by molar-refractivity contribution is 0.281. The Hall–Kier alpha value is -0.270. The maximum absolute atomic E-state index is 12.1. The van der Waals surface area contributed by atoms with Crippen LogP contribution in [0.3, 0.4) is 0 Å². The summed E-state index contributed by atoms with van der Waals surface area (Å²) in [5, 5.41) is 9.45.